The molecule has 8 heterocycles. The first-order valence-corrected chi connectivity index (χ1v) is 50.8. The molecule has 147 heavy (non-hydrogen) atoms. The first kappa shape index (κ1) is 109. The Morgan fingerprint density at radius 3 is 0.905 bits per heavy atom. The molecule has 0 spiro atoms. The summed E-state index contributed by atoms with van der Waals surface area (Å²) in [6, 6.07) is 72.4. The smallest absolute Gasteiger partial charge is 0.256 e. The SMILES string of the molecule is CC(C)N(Cc1cccc(-c2ccnc(CCCc3ccc(O)c(Cl)c3)n2)c1)C(=O)c1ccncc1.Cc1ccc(C(=O)N(Cc2cccc(-c3ccnc(CCCc4ccc(O)c(Cl)c4)n3)c2)C(C)C)cn1.Cc1ccncc1C(=O)N(Cc1cccc(-c2ccnc(CCCc3ccc(O)c(Cl)c3)n2)c1)C(C)C.Cc1cncc(C(=O)N(Cc2cccc(-c3ccnc(CCCc4ccc(O)c(Cl)c4)n3)c2)C(C)C)c1. The number of phenolic OH excluding ortho intramolecular Hbond substituents is 4. The molecule has 4 N–H and O–H groups in total. The molecule has 0 radical (unpaired) electrons. The highest BCUT2D eigenvalue weighted by Crippen LogP contribution is 2.33. The van der Waals surface area contributed by atoms with Gasteiger partial charge < -0.3 is 40.0 Å². The van der Waals surface area contributed by atoms with Crippen LogP contribution in [0.25, 0.3) is 45.0 Å². The zero-order valence-electron chi connectivity index (χ0n) is 84.5. The average molecular weight is 2050 g/mol. The van der Waals surface area contributed by atoms with Gasteiger partial charge in [-0.1, -0.05) is 143 Å². The minimum absolute atomic E-state index is 0.0166. The lowest BCUT2D eigenvalue weighted by Gasteiger charge is -2.27. The Morgan fingerprint density at radius 1 is 0.279 bits per heavy atom. The number of benzene rings is 8. The second-order valence-corrected chi connectivity index (χ2v) is 38.9. The van der Waals surface area contributed by atoms with E-state index >= 15 is 0 Å². The molecular weight excluding hydrogens is 1920 g/mol. The summed E-state index contributed by atoms with van der Waals surface area (Å²) in [4.78, 5) is 114. The van der Waals surface area contributed by atoms with E-state index in [9.17, 15) is 39.6 Å². The summed E-state index contributed by atoms with van der Waals surface area (Å²) in [5, 5.41) is 39.8. The van der Waals surface area contributed by atoms with Crippen LogP contribution in [0, 0.1) is 20.8 Å². The number of aromatic hydroxyl groups is 4. The van der Waals surface area contributed by atoms with E-state index in [0.717, 1.165) is 207 Å². The van der Waals surface area contributed by atoms with Crippen LogP contribution in [0.5, 0.6) is 23.0 Å². The third kappa shape index (κ3) is 32.2. The molecule has 0 fully saturated rings. The highest BCUT2D eigenvalue weighted by Gasteiger charge is 2.26. The van der Waals surface area contributed by atoms with Gasteiger partial charge in [-0.2, -0.15) is 0 Å². The predicted molar refractivity (Wildman–Crippen MR) is 582 cm³/mol. The number of aryl methyl sites for hydroxylation is 11. The standard InChI is InChI=1S/3C30H31ClN4O2.C29H29ClN4O2/c1-20(2)35(30(37)25-12-10-21(3)33-18-25)19-23-7-4-8-24(16-23)27-14-15-32-29(34-27)9-5-6-22-11-13-28(36)26(31)17-22;1-20(2)35(30(37)25-18-32-14-12-21(25)3)19-23-7-4-8-24(16-23)27-13-15-33-29(34-27)9-5-6-22-10-11-28(36)26(31)17-22;1-20(2)35(30(37)25-14-21(3)17-32-18-25)19-23-7-4-8-24(15-23)27-12-13-33-29(34-27)9-5-6-22-10-11-28(36)26(31)16-22;1-20(2)34(29(36)23-11-14-31-15-12-23)19-22-6-3-7-24(17-22)26-13-16-32-28(33-26)8-4-5-21-9-10-27(35)25(30)18-21/h3*4,7-8,10-18,20,36H,5-6,9,19H2,1-3H3;3,6-7,9-18,20,35H,4-5,8,19H2,1-2H3. The molecule has 754 valence electrons. The zero-order chi connectivity index (χ0) is 105. The lowest BCUT2D eigenvalue weighted by molar-refractivity contribution is 0.0681. The number of halogens is 4. The molecular formula is C119H122Cl4N16O8. The van der Waals surface area contributed by atoms with Gasteiger partial charge in [0.05, 0.1) is 59.6 Å². The van der Waals surface area contributed by atoms with Gasteiger partial charge in [-0.3, -0.25) is 39.1 Å². The van der Waals surface area contributed by atoms with E-state index in [1.807, 2.05) is 241 Å². The van der Waals surface area contributed by atoms with Crippen molar-refractivity contribution in [2.75, 3.05) is 0 Å². The molecule has 0 atom stereocenters. The number of carbonyl (C=O) groups excluding carboxylic acids is 4. The van der Waals surface area contributed by atoms with Crippen LogP contribution in [0.4, 0.5) is 0 Å². The van der Waals surface area contributed by atoms with Gasteiger partial charge in [-0.15, -0.1) is 0 Å². The molecule has 0 saturated heterocycles. The Morgan fingerprint density at radius 2 is 0.599 bits per heavy atom. The van der Waals surface area contributed by atoms with Crippen molar-refractivity contribution in [3.63, 3.8) is 0 Å². The van der Waals surface area contributed by atoms with Gasteiger partial charge in [0.15, 0.2) is 0 Å². The minimum atomic E-state index is -0.0351. The fourth-order valence-electron chi connectivity index (χ4n) is 16.5. The third-order valence-corrected chi connectivity index (χ3v) is 25.9. The average Bonchev–Trinajstić information content (AvgIpc) is 0.822. The van der Waals surface area contributed by atoms with Crippen LogP contribution in [-0.4, -0.2) is 148 Å². The largest absolute Gasteiger partial charge is 0.506 e. The highest BCUT2D eigenvalue weighted by atomic mass is 35.5. The minimum Gasteiger partial charge on any atom is -0.506 e. The van der Waals surface area contributed by atoms with E-state index < -0.39 is 0 Å². The summed E-state index contributed by atoms with van der Waals surface area (Å²) in [5.41, 5.74) is 21.0. The zero-order valence-corrected chi connectivity index (χ0v) is 87.5. The number of rotatable bonds is 36. The molecule has 0 aliphatic heterocycles. The van der Waals surface area contributed by atoms with Gasteiger partial charge in [0.2, 0.25) is 0 Å². The summed E-state index contributed by atoms with van der Waals surface area (Å²) < 4.78 is 0. The van der Waals surface area contributed by atoms with Gasteiger partial charge in [-0.25, -0.2) is 39.9 Å². The Labute approximate surface area is 880 Å². The highest BCUT2D eigenvalue weighted by molar-refractivity contribution is 6.33. The Balaban J connectivity index is 0.000000164. The first-order chi connectivity index (χ1) is 70.8. The molecule has 24 nitrogen and oxygen atoms in total. The van der Waals surface area contributed by atoms with Gasteiger partial charge in [0, 0.05) is 178 Å². The summed E-state index contributed by atoms with van der Waals surface area (Å²) >= 11 is 24.1. The molecule has 0 saturated carbocycles. The number of hydrogen-bond donors (Lipinski definition) is 4. The Hall–Kier alpha value is -15.1. The van der Waals surface area contributed by atoms with E-state index in [2.05, 4.69) is 64.1 Å². The van der Waals surface area contributed by atoms with E-state index in [-0.39, 0.29) is 70.8 Å². The number of amides is 4. The van der Waals surface area contributed by atoms with Crippen LogP contribution in [0.15, 0.2) is 299 Å². The second kappa shape index (κ2) is 53.7. The molecule has 0 aliphatic carbocycles. The van der Waals surface area contributed by atoms with Crippen LogP contribution in [0.1, 0.15) is 207 Å². The monoisotopic (exact) mass is 2040 g/mol. The van der Waals surface area contributed by atoms with Crippen molar-refractivity contribution in [1.29, 1.82) is 0 Å². The summed E-state index contributed by atoms with van der Waals surface area (Å²) in [7, 11) is 0. The number of phenols is 4. The number of carbonyl (C=O) groups is 4. The maximum atomic E-state index is 13.3. The topological polar surface area (TPSA) is 317 Å². The van der Waals surface area contributed by atoms with Crippen molar-refractivity contribution in [3.8, 4) is 68.0 Å². The summed E-state index contributed by atoms with van der Waals surface area (Å²) in [5.74, 6) is 3.38. The number of pyridine rings is 4. The third-order valence-electron chi connectivity index (χ3n) is 24.7. The molecule has 0 aliphatic rings. The van der Waals surface area contributed by atoms with E-state index in [4.69, 9.17) is 66.3 Å². The Bertz CT molecular complexity index is 7160. The van der Waals surface area contributed by atoms with Crippen LogP contribution < -0.4 is 0 Å². The summed E-state index contributed by atoms with van der Waals surface area (Å²) in [6.45, 7) is 23.9. The fraction of sp³-hybridized carbons (Fsp3) is 0.261. The van der Waals surface area contributed by atoms with Crippen LogP contribution in [0.2, 0.25) is 20.1 Å². The lowest BCUT2D eigenvalue weighted by Crippen LogP contribution is -2.36. The van der Waals surface area contributed by atoms with E-state index in [1.54, 1.807) is 129 Å². The predicted octanol–water partition coefficient (Wildman–Crippen LogP) is 25.4. The number of nitrogens with zero attached hydrogens (tertiary/aromatic N) is 16. The molecule has 0 unspecified atom stereocenters. The van der Waals surface area contributed by atoms with Crippen LogP contribution in [-0.2, 0) is 77.5 Å². The lowest BCUT2D eigenvalue weighted by atomic mass is 10.1. The molecule has 16 aromatic rings. The van der Waals surface area contributed by atoms with Crippen molar-refractivity contribution in [2.24, 2.45) is 0 Å². The quantitative estimate of drug-likeness (QED) is 0.0283. The van der Waals surface area contributed by atoms with Crippen molar-refractivity contribution in [3.05, 3.63) is 426 Å². The summed E-state index contributed by atoms with van der Waals surface area (Å²) in [6.07, 6.45) is 28.4. The Kier molecular flexibility index (Phi) is 39.9. The van der Waals surface area contributed by atoms with Crippen LogP contribution >= 0.6 is 46.4 Å². The van der Waals surface area contributed by atoms with Gasteiger partial charge in [0.1, 0.15) is 46.3 Å². The van der Waals surface area contributed by atoms with E-state index in [0.29, 0.717) is 68.5 Å². The molecule has 0 bridgehead atoms. The van der Waals surface area contributed by atoms with Gasteiger partial charge in [-0.05, 0) is 317 Å². The molecule has 8 aromatic carbocycles. The van der Waals surface area contributed by atoms with Gasteiger partial charge in [0.25, 0.3) is 23.6 Å². The van der Waals surface area contributed by atoms with Crippen LogP contribution in [0.3, 0.4) is 0 Å². The molecule has 16 rings (SSSR count). The number of aromatic nitrogens is 12. The van der Waals surface area contributed by atoms with Crippen molar-refractivity contribution in [1.82, 2.24) is 79.4 Å². The van der Waals surface area contributed by atoms with Crippen molar-refractivity contribution >= 4 is 70.0 Å². The maximum Gasteiger partial charge on any atom is 0.256 e. The maximum absolute atomic E-state index is 13.3. The van der Waals surface area contributed by atoms with Crippen molar-refractivity contribution < 1.29 is 39.6 Å². The van der Waals surface area contributed by atoms with E-state index in [1.165, 1.54) is 0 Å². The first-order valence-electron chi connectivity index (χ1n) is 49.3. The molecule has 4 amide bonds. The second-order valence-electron chi connectivity index (χ2n) is 37.3. The van der Waals surface area contributed by atoms with Crippen molar-refractivity contribution in [2.45, 2.75) is 204 Å². The normalized spacial score (nSPS) is 11.0. The molecule has 28 heteroatoms. The fourth-order valence-corrected chi connectivity index (χ4v) is 17.3. The number of hydrogen-bond acceptors (Lipinski definition) is 20. The molecule has 8 aromatic heterocycles. The van der Waals surface area contributed by atoms with Gasteiger partial charge >= 0.3 is 0 Å².